The van der Waals surface area contributed by atoms with Crippen molar-refractivity contribution >= 4 is 11.6 Å². The standard InChI is InChI=1S/C11H16N6O/c1-11(2,3)10-14-8(15-16-10)9(18)13-7-5-12-17(4)6-7/h5-6H,1-4H3,(H,13,18)(H,14,15,16). The average molecular weight is 248 g/mol. The van der Waals surface area contributed by atoms with Crippen molar-refractivity contribution in [3.8, 4) is 0 Å². The van der Waals surface area contributed by atoms with Crippen molar-refractivity contribution in [1.82, 2.24) is 25.0 Å². The quantitative estimate of drug-likeness (QED) is 0.832. The van der Waals surface area contributed by atoms with Gasteiger partial charge in [-0.05, 0) is 0 Å². The number of aromatic amines is 1. The summed E-state index contributed by atoms with van der Waals surface area (Å²) in [5.74, 6) is 0.456. The zero-order valence-electron chi connectivity index (χ0n) is 10.9. The van der Waals surface area contributed by atoms with Crippen LogP contribution in [0.25, 0.3) is 0 Å². The Morgan fingerprint density at radius 2 is 2.17 bits per heavy atom. The summed E-state index contributed by atoms with van der Waals surface area (Å²) >= 11 is 0. The van der Waals surface area contributed by atoms with Gasteiger partial charge in [0.25, 0.3) is 5.91 Å². The van der Waals surface area contributed by atoms with Crippen LogP contribution in [0.2, 0.25) is 0 Å². The molecular formula is C11H16N6O. The summed E-state index contributed by atoms with van der Waals surface area (Å²) in [7, 11) is 1.78. The van der Waals surface area contributed by atoms with Gasteiger partial charge in [-0.25, -0.2) is 4.98 Å². The average Bonchev–Trinajstić information content (AvgIpc) is 2.85. The molecule has 0 unspecified atom stereocenters. The molecule has 7 nitrogen and oxygen atoms in total. The molecule has 0 aromatic carbocycles. The van der Waals surface area contributed by atoms with E-state index in [2.05, 4.69) is 25.6 Å². The van der Waals surface area contributed by atoms with Gasteiger partial charge in [-0.1, -0.05) is 20.8 Å². The van der Waals surface area contributed by atoms with E-state index in [0.717, 1.165) is 0 Å². The largest absolute Gasteiger partial charge is 0.316 e. The van der Waals surface area contributed by atoms with Crippen molar-refractivity contribution in [2.45, 2.75) is 26.2 Å². The third-order valence-corrected chi connectivity index (χ3v) is 2.36. The fraction of sp³-hybridized carbons (Fsp3) is 0.455. The van der Waals surface area contributed by atoms with Crippen LogP contribution in [0.3, 0.4) is 0 Å². The zero-order chi connectivity index (χ0) is 13.3. The van der Waals surface area contributed by atoms with Crippen LogP contribution in [0.1, 0.15) is 37.2 Å². The Bertz CT molecular complexity index is 562. The molecule has 0 aliphatic carbocycles. The molecule has 2 N–H and O–H groups in total. The summed E-state index contributed by atoms with van der Waals surface area (Å²) in [4.78, 5) is 16.0. The van der Waals surface area contributed by atoms with Crippen molar-refractivity contribution < 1.29 is 4.79 Å². The number of nitrogens with one attached hydrogen (secondary N) is 2. The van der Waals surface area contributed by atoms with Crippen LogP contribution in [0.4, 0.5) is 5.69 Å². The molecule has 18 heavy (non-hydrogen) atoms. The fourth-order valence-corrected chi connectivity index (χ4v) is 1.37. The minimum absolute atomic E-state index is 0.128. The Morgan fingerprint density at radius 3 is 2.67 bits per heavy atom. The topological polar surface area (TPSA) is 88.5 Å². The molecule has 0 fully saturated rings. The first-order chi connectivity index (χ1) is 8.36. The minimum atomic E-state index is -0.352. The van der Waals surface area contributed by atoms with E-state index in [1.165, 1.54) is 0 Å². The van der Waals surface area contributed by atoms with Crippen LogP contribution >= 0.6 is 0 Å². The second kappa shape index (κ2) is 4.25. The van der Waals surface area contributed by atoms with E-state index < -0.39 is 0 Å². The molecule has 0 atom stereocenters. The molecule has 0 spiro atoms. The van der Waals surface area contributed by atoms with Crippen LogP contribution in [0, 0.1) is 0 Å². The first-order valence-corrected chi connectivity index (χ1v) is 5.59. The summed E-state index contributed by atoms with van der Waals surface area (Å²) in [5.41, 5.74) is 0.449. The highest BCUT2D eigenvalue weighted by molar-refractivity contribution is 6.01. The summed E-state index contributed by atoms with van der Waals surface area (Å²) in [5, 5.41) is 13.3. The van der Waals surface area contributed by atoms with Crippen LogP contribution in [-0.2, 0) is 12.5 Å². The molecule has 2 aromatic rings. The fourth-order valence-electron chi connectivity index (χ4n) is 1.37. The number of hydrogen-bond acceptors (Lipinski definition) is 4. The molecule has 0 aliphatic rings. The van der Waals surface area contributed by atoms with Gasteiger partial charge >= 0.3 is 0 Å². The molecule has 0 aliphatic heterocycles. The van der Waals surface area contributed by atoms with Crippen molar-refractivity contribution in [2.24, 2.45) is 7.05 Å². The highest BCUT2D eigenvalue weighted by atomic mass is 16.2. The van der Waals surface area contributed by atoms with Crippen LogP contribution in [0.15, 0.2) is 12.4 Å². The van der Waals surface area contributed by atoms with E-state index in [1.807, 2.05) is 20.8 Å². The van der Waals surface area contributed by atoms with Crippen molar-refractivity contribution in [2.75, 3.05) is 5.32 Å². The number of aryl methyl sites for hydroxylation is 1. The van der Waals surface area contributed by atoms with Gasteiger partial charge in [0.15, 0.2) is 0 Å². The van der Waals surface area contributed by atoms with Crippen LogP contribution in [-0.4, -0.2) is 30.9 Å². The molecule has 2 heterocycles. The van der Waals surface area contributed by atoms with E-state index in [4.69, 9.17) is 0 Å². The molecule has 0 saturated heterocycles. The van der Waals surface area contributed by atoms with Gasteiger partial charge in [0.05, 0.1) is 11.9 Å². The number of rotatable bonds is 2. The first-order valence-electron chi connectivity index (χ1n) is 5.59. The second-order valence-corrected chi connectivity index (χ2v) is 5.11. The van der Waals surface area contributed by atoms with Crippen molar-refractivity contribution in [3.05, 3.63) is 24.0 Å². The third kappa shape index (κ3) is 2.55. The third-order valence-electron chi connectivity index (χ3n) is 2.36. The predicted octanol–water partition coefficient (Wildman–Crippen LogP) is 1.09. The molecule has 0 bridgehead atoms. The van der Waals surface area contributed by atoms with Gasteiger partial charge in [0.2, 0.25) is 5.82 Å². The Labute approximate surface area is 105 Å². The molecule has 7 heteroatoms. The lowest BCUT2D eigenvalue weighted by Crippen LogP contribution is -2.15. The first kappa shape index (κ1) is 12.3. The number of carbonyl (C=O) groups excluding carboxylic acids is 1. The molecule has 96 valence electrons. The molecule has 1 amide bonds. The predicted molar refractivity (Wildman–Crippen MR) is 66.2 cm³/mol. The number of amides is 1. The number of hydrogen-bond donors (Lipinski definition) is 2. The normalized spacial score (nSPS) is 11.6. The molecule has 2 rings (SSSR count). The number of carbonyl (C=O) groups is 1. The van der Waals surface area contributed by atoms with E-state index >= 15 is 0 Å². The lowest BCUT2D eigenvalue weighted by molar-refractivity contribution is 0.101. The summed E-state index contributed by atoms with van der Waals surface area (Å²) in [6, 6.07) is 0. The van der Waals surface area contributed by atoms with Gasteiger partial charge in [0.1, 0.15) is 5.82 Å². The van der Waals surface area contributed by atoms with Gasteiger partial charge in [0, 0.05) is 18.7 Å². The highest BCUT2D eigenvalue weighted by Gasteiger charge is 2.21. The van der Waals surface area contributed by atoms with Crippen molar-refractivity contribution in [3.63, 3.8) is 0 Å². The zero-order valence-corrected chi connectivity index (χ0v) is 10.9. The van der Waals surface area contributed by atoms with Crippen LogP contribution < -0.4 is 5.32 Å². The second-order valence-electron chi connectivity index (χ2n) is 5.11. The Kier molecular flexibility index (Phi) is 2.90. The Hall–Kier alpha value is -2.18. The number of H-pyrrole nitrogens is 1. The van der Waals surface area contributed by atoms with E-state index in [-0.39, 0.29) is 17.1 Å². The lowest BCUT2D eigenvalue weighted by Gasteiger charge is -2.12. The van der Waals surface area contributed by atoms with Gasteiger partial charge in [-0.2, -0.15) is 5.10 Å². The minimum Gasteiger partial charge on any atom is -0.316 e. The van der Waals surface area contributed by atoms with Gasteiger partial charge < -0.3 is 5.32 Å². The summed E-state index contributed by atoms with van der Waals surface area (Å²) < 4.78 is 1.61. The van der Waals surface area contributed by atoms with Crippen molar-refractivity contribution in [1.29, 1.82) is 0 Å². The summed E-state index contributed by atoms with van der Waals surface area (Å²) in [6.07, 6.45) is 3.27. The van der Waals surface area contributed by atoms with E-state index in [9.17, 15) is 4.79 Å². The molecular weight excluding hydrogens is 232 g/mol. The highest BCUT2D eigenvalue weighted by Crippen LogP contribution is 2.17. The maximum Gasteiger partial charge on any atom is 0.295 e. The Balaban J connectivity index is 2.12. The Morgan fingerprint density at radius 1 is 1.44 bits per heavy atom. The molecule has 0 radical (unpaired) electrons. The number of nitrogens with zero attached hydrogens (tertiary/aromatic N) is 4. The monoisotopic (exact) mass is 248 g/mol. The maximum absolute atomic E-state index is 11.9. The van der Waals surface area contributed by atoms with Gasteiger partial charge in [-0.3, -0.25) is 14.6 Å². The van der Waals surface area contributed by atoms with Gasteiger partial charge in [-0.15, -0.1) is 5.10 Å². The number of aromatic nitrogens is 5. The molecule has 2 aromatic heterocycles. The number of anilines is 1. The lowest BCUT2D eigenvalue weighted by atomic mass is 9.96. The SMILES string of the molecule is Cn1cc(NC(=O)c2n[nH]c(C(C)(C)C)n2)cn1. The maximum atomic E-state index is 11.9. The van der Waals surface area contributed by atoms with E-state index in [1.54, 1.807) is 24.1 Å². The molecule has 0 saturated carbocycles. The smallest absolute Gasteiger partial charge is 0.295 e. The van der Waals surface area contributed by atoms with E-state index in [0.29, 0.717) is 11.5 Å². The van der Waals surface area contributed by atoms with Crippen LogP contribution in [0.5, 0.6) is 0 Å². The summed E-state index contributed by atoms with van der Waals surface area (Å²) in [6.45, 7) is 5.99.